The standard InChI is InChI=1S/C32H27FN2O6/c1-32(33)28(41-31(38)35(25-18-10-4-11-19-25)26-20-12-5-13-21-26)27(40-29(32)36)22-39-30(37)34(23-14-6-2-7-15-23)24-16-8-3-9-17-24/h2-21,27-28H,22H2,1H3/t27-,28-,32-/m1/s1. The molecule has 0 aromatic heterocycles. The summed E-state index contributed by atoms with van der Waals surface area (Å²) >= 11 is 0. The van der Waals surface area contributed by atoms with E-state index in [0.717, 1.165) is 6.92 Å². The van der Waals surface area contributed by atoms with Crippen LogP contribution in [0, 0.1) is 0 Å². The van der Waals surface area contributed by atoms with Crippen molar-refractivity contribution < 1.29 is 33.0 Å². The van der Waals surface area contributed by atoms with E-state index in [-0.39, 0.29) is 0 Å². The summed E-state index contributed by atoms with van der Waals surface area (Å²) in [5.41, 5.74) is -0.666. The third-order valence-corrected chi connectivity index (χ3v) is 6.55. The lowest BCUT2D eigenvalue weighted by atomic mass is 10.0. The highest BCUT2D eigenvalue weighted by Gasteiger charge is 2.59. The molecule has 0 bridgehead atoms. The van der Waals surface area contributed by atoms with Crippen LogP contribution >= 0.6 is 0 Å². The van der Waals surface area contributed by atoms with Gasteiger partial charge in [0.15, 0.2) is 12.2 Å². The number of benzene rings is 4. The summed E-state index contributed by atoms with van der Waals surface area (Å²) in [4.78, 5) is 41.9. The number of carbonyl (C=O) groups is 3. The molecule has 9 heteroatoms. The average molecular weight is 555 g/mol. The second kappa shape index (κ2) is 11.9. The minimum Gasteiger partial charge on any atom is -0.452 e. The molecule has 1 fully saturated rings. The second-order valence-electron chi connectivity index (χ2n) is 9.41. The normalized spacial score (nSPS) is 19.6. The number of halogens is 1. The molecule has 1 aliphatic rings. The van der Waals surface area contributed by atoms with Crippen LogP contribution in [-0.2, 0) is 19.0 Å². The Labute approximate surface area is 236 Å². The van der Waals surface area contributed by atoms with Gasteiger partial charge in [0.05, 0.1) is 22.7 Å². The molecule has 8 nitrogen and oxygen atoms in total. The van der Waals surface area contributed by atoms with Gasteiger partial charge >= 0.3 is 18.2 Å². The van der Waals surface area contributed by atoms with Crippen molar-refractivity contribution >= 4 is 40.9 Å². The van der Waals surface area contributed by atoms with E-state index in [0.29, 0.717) is 22.7 Å². The van der Waals surface area contributed by atoms with E-state index in [4.69, 9.17) is 14.2 Å². The van der Waals surface area contributed by atoms with Crippen molar-refractivity contribution in [3.63, 3.8) is 0 Å². The third kappa shape index (κ3) is 5.89. The molecule has 0 saturated carbocycles. The SMILES string of the molecule is C[C@]1(F)C(=O)O[C@H](COC(=O)N(c2ccccc2)c2ccccc2)[C@H]1OC(=O)N(c1ccccc1)c1ccccc1. The Morgan fingerprint density at radius 3 is 1.46 bits per heavy atom. The number of anilines is 4. The van der Waals surface area contributed by atoms with E-state index in [9.17, 15) is 14.4 Å². The van der Waals surface area contributed by atoms with Crippen LogP contribution in [0.1, 0.15) is 6.92 Å². The first-order valence-electron chi connectivity index (χ1n) is 12.9. The van der Waals surface area contributed by atoms with Gasteiger partial charge in [-0.1, -0.05) is 72.8 Å². The van der Waals surface area contributed by atoms with Crippen LogP contribution in [0.15, 0.2) is 121 Å². The van der Waals surface area contributed by atoms with Crippen LogP contribution in [0.2, 0.25) is 0 Å². The van der Waals surface area contributed by atoms with Gasteiger partial charge in [0, 0.05) is 0 Å². The molecule has 4 aromatic rings. The van der Waals surface area contributed by atoms with Crippen LogP contribution in [-0.4, -0.2) is 42.6 Å². The van der Waals surface area contributed by atoms with Crippen LogP contribution in [0.5, 0.6) is 0 Å². The molecular formula is C32H27FN2O6. The molecule has 0 N–H and O–H groups in total. The Morgan fingerprint density at radius 1 is 0.707 bits per heavy atom. The fraction of sp³-hybridized carbons (Fsp3) is 0.156. The number of esters is 1. The molecule has 3 atom stereocenters. The Morgan fingerprint density at radius 2 is 1.07 bits per heavy atom. The molecule has 2 amide bonds. The van der Waals surface area contributed by atoms with Crippen molar-refractivity contribution in [1.82, 2.24) is 0 Å². The molecule has 1 heterocycles. The Kier molecular flexibility index (Phi) is 7.96. The molecule has 0 aliphatic carbocycles. The molecule has 208 valence electrons. The van der Waals surface area contributed by atoms with E-state index in [1.165, 1.54) is 9.80 Å². The highest BCUT2D eigenvalue weighted by Crippen LogP contribution is 2.35. The van der Waals surface area contributed by atoms with Gasteiger partial charge in [0.1, 0.15) is 6.61 Å². The Balaban J connectivity index is 1.37. The predicted octanol–water partition coefficient (Wildman–Crippen LogP) is 6.96. The van der Waals surface area contributed by atoms with Gasteiger partial charge in [-0.2, -0.15) is 0 Å². The predicted molar refractivity (Wildman–Crippen MR) is 151 cm³/mol. The van der Waals surface area contributed by atoms with Gasteiger partial charge in [-0.15, -0.1) is 0 Å². The highest BCUT2D eigenvalue weighted by atomic mass is 19.1. The molecule has 4 aromatic carbocycles. The van der Waals surface area contributed by atoms with Gasteiger partial charge in [-0.25, -0.2) is 28.6 Å². The number of ether oxygens (including phenoxy) is 3. The molecule has 41 heavy (non-hydrogen) atoms. The lowest BCUT2D eigenvalue weighted by Crippen LogP contribution is -2.46. The zero-order valence-corrected chi connectivity index (χ0v) is 22.1. The van der Waals surface area contributed by atoms with Crippen molar-refractivity contribution in [3.05, 3.63) is 121 Å². The van der Waals surface area contributed by atoms with E-state index in [1.54, 1.807) is 109 Å². The smallest absolute Gasteiger partial charge is 0.419 e. The van der Waals surface area contributed by atoms with E-state index >= 15 is 4.39 Å². The fourth-order valence-electron chi connectivity index (χ4n) is 4.50. The van der Waals surface area contributed by atoms with Gasteiger partial charge < -0.3 is 14.2 Å². The lowest BCUT2D eigenvalue weighted by molar-refractivity contribution is -0.150. The van der Waals surface area contributed by atoms with Gasteiger partial charge in [0.25, 0.3) is 0 Å². The largest absolute Gasteiger partial charge is 0.452 e. The molecular weight excluding hydrogens is 527 g/mol. The quantitative estimate of drug-likeness (QED) is 0.181. The Bertz CT molecular complexity index is 1410. The summed E-state index contributed by atoms with van der Waals surface area (Å²) in [5.74, 6) is -1.22. The maximum absolute atomic E-state index is 15.6. The zero-order valence-electron chi connectivity index (χ0n) is 22.1. The van der Waals surface area contributed by atoms with E-state index < -0.39 is 42.6 Å². The summed E-state index contributed by atoms with van der Waals surface area (Å²) in [6, 6.07) is 35.0. The highest BCUT2D eigenvalue weighted by molar-refractivity contribution is 5.97. The van der Waals surface area contributed by atoms with Gasteiger partial charge in [0.2, 0.25) is 5.67 Å². The number of hydrogen-bond acceptors (Lipinski definition) is 6. The first-order chi connectivity index (χ1) is 19.9. The van der Waals surface area contributed by atoms with Crippen molar-refractivity contribution in [1.29, 1.82) is 0 Å². The third-order valence-electron chi connectivity index (χ3n) is 6.55. The minimum absolute atomic E-state index is 0.471. The second-order valence-corrected chi connectivity index (χ2v) is 9.41. The van der Waals surface area contributed by atoms with E-state index in [2.05, 4.69) is 0 Å². The summed E-state index contributed by atoms with van der Waals surface area (Å²) in [6.45, 7) is 0.430. The van der Waals surface area contributed by atoms with Crippen LogP contribution in [0.25, 0.3) is 0 Å². The summed E-state index contributed by atoms with van der Waals surface area (Å²) in [7, 11) is 0. The summed E-state index contributed by atoms with van der Waals surface area (Å²) in [6.07, 6.45) is -4.79. The topological polar surface area (TPSA) is 85.4 Å². The van der Waals surface area contributed by atoms with Crippen molar-refractivity contribution in [3.8, 4) is 0 Å². The maximum atomic E-state index is 15.6. The van der Waals surface area contributed by atoms with Crippen molar-refractivity contribution in [2.24, 2.45) is 0 Å². The van der Waals surface area contributed by atoms with Crippen molar-refractivity contribution in [2.45, 2.75) is 24.8 Å². The number of carbonyl (C=O) groups excluding carboxylic acids is 3. The first kappa shape index (κ1) is 27.4. The summed E-state index contributed by atoms with van der Waals surface area (Å²) in [5, 5.41) is 0. The molecule has 1 saturated heterocycles. The number of amides is 2. The zero-order chi connectivity index (χ0) is 28.8. The van der Waals surface area contributed by atoms with Crippen molar-refractivity contribution in [2.75, 3.05) is 16.4 Å². The average Bonchev–Trinajstić information content (AvgIpc) is 3.21. The number of para-hydroxylation sites is 4. The first-order valence-corrected chi connectivity index (χ1v) is 12.9. The Hall–Kier alpha value is -5.18. The monoisotopic (exact) mass is 554 g/mol. The van der Waals surface area contributed by atoms with Crippen LogP contribution < -0.4 is 9.80 Å². The number of alkyl halides is 1. The number of hydrogen-bond donors (Lipinski definition) is 0. The molecule has 0 unspecified atom stereocenters. The minimum atomic E-state index is -2.68. The lowest BCUT2D eigenvalue weighted by Gasteiger charge is -2.28. The molecule has 1 aliphatic heterocycles. The van der Waals surface area contributed by atoms with Crippen LogP contribution in [0.4, 0.5) is 36.7 Å². The molecule has 0 spiro atoms. The maximum Gasteiger partial charge on any atom is 0.419 e. The fourth-order valence-corrected chi connectivity index (χ4v) is 4.50. The van der Waals surface area contributed by atoms with Gasteiger partial charge in [-0.3, -0.25) is 0 Å². The molecule has 5 rings (SSSR count). The van der Waals surface area contributed by atoms with E-state index in [1.807, 2.05) is 12.1 Å². The number of rotatable bonds is 7. The molecule has 0 radical (unpaired) electrons. The number of cyclic esters (lactones) is 1. The number of nitrogens with zero attached hydrogens (tertiary/aromatic N) is 2. The van der Waals surface area contributed by atoms with Gasteiger partial charge in [-0.05, 0) is 55.5 Å². The summed E-state index contributed by atoms with van der Waals surface area (Å²) < 4.78 is 32.0. The van der Waals surface area contributed by atoms with Crippen LogP contribution in [0.3, 0.4) is 0 Å².